The molecule has 7 nitrogen and oxygen atoms in total. The Balaban J connectivity index is -0.000000334. The summed E-state index contributed by atoms with van der Waals surface area (Å²) in [5, 5.41) is 17.3. The Morgan fingerprint density at radius 1 is 0.714 bits per heavy atom. The van der Waals surface area contributed by atoms with Crippen LogP contribution in [-0.4, -0.2) is 30.0 Å². The summed E-state index contributed by atoms with van der Waals surface area (Å²) < 4.78 is 29.6. The zero-order valence-electron chi connectivity index (χ0n) is 16.3. The van der Waals surface area contributed by atoms with Crippen molar-refractivity contribution in [1.29, 1.82) is 0 Å². The van der Waals surface area contributed by atoms with Gasteiger partial charge in [0.05, 0.1) is 5.69 Å². The minimum absolute atomic E-state index is 0. The fraction of sp³-hybridized carbons (Fsp3) is 0. The second-order valence-corrected chi connectivity index (χ2v) is 6.07. The number of hydrogen-bond donors (Lipinski definition) is 4. The molecule has 0 aliphatic carbocycles. The molecule has 0 saturated carbocycles. The summed E-state index contributed by atoms with van der Waals surface area (Å²) in [4.78, 5) is 7.75. The molecular formula is C19H22NNaO6S. The third-order valence-corrected chi connectivity index (χ3v) is 3.64. The standard InChI is InChI=1S/C6H7NO3S.2C6H6O.CH2O.Na.H/c7-5-3-1-2-4-6(5)11(8,9)10;2*7-6-4-2-1-3-5-6;1-2;;/h1-4H,7H2,(H,8,9,10);2*1-5,7H;1H2;;/q;;;;+1;-1. The fourth-order valence-electron chi connectivity index (χ4n) is 1.57. The second-order valence-electron chi connectivity index (χ2n) is 4.68. The summed E-state index contributed by atoms with van der Waals surface area (Å²) in [6.07, 6.45) is 0. The molecule has 146 valence electrons. The monoisotopic (exact) mass is 415 g/mol. The molecule has 0 unspecified atom stereocenters. The Bertz CT molecular complexity index is 846. The summed E-state index contributed by atoms with van der Waals surface area (Å²) >= 11 is 0. The molecule has 0 fully saturated rings. The average molecular weight is 415 g/mol. The molecule has 0 aliphatic rings. The van der Waals surface area contributed by atoms with Gasteiger partial charge in [0.25, 0.3) is 10.1 Å². The first-order valence-corrected chi connectivity index (χ1v) is 8.83. The first-order chi connectivity index (χ1) is 12.8. The summed E-state index contributed by atoms with van der Waals surface area (Å²) in [7, 11) is -4.16. The van der Waals surface area contributed by atoms with E-state index >= 15 is 0 Å². The van der Waals surface area contributed by atoms with Gasteiger partial charge in [0.2, 0.25) is 0 Å². The van der Waals surface area contributed by atoms with E-state index in [4.69, 9.17) is 25.3 Å². The van der Waals surface area contributed by atoms with E-state index in [-0.39, 0.29) is 41.6 Å². The third-order valence-electron chi connectivity index (χ3n) is 2.71. The number of phenols is 2. The minimum Gasteiger partial charge on any atom is -1.00 e. The van der Waals surface area contributed by atoms with E-state index < -0.39 is 10.1 Å². The van der Waals surface area contributed by atoms with Crippen LogP contribution in [0.25, 0.3) is 0 Å². The van der Waals surface area contributed by atoms with Gasteiger partial charge in [0.1, 0.15) is 23.2 Å². The molecular weight excluding hydrogens is 393 g/mol. The van der Waals surface area contributed by atoms with Crippen LogP contribution < -0.4 is 35.3 Å². The van der Waals surface area contributed by atoms with Crippen molar-refractivity contribution in [2.45, 2.75) is 4.90 Å². The topological polar surface area (TPSA) is 138 Å². The second kappa shape index (κ2) is 15.7. The van der Waals surface area contributed by atoms with Crippen molar-refractivity contribution in [3.8, 4) is 11.5 Å². The first kappa shape index (κ1) is 27.9. The Labute approximate surface area is 188 Å². The Kier molecular flexibility index (Phi) is 15.6. The van der Waals surface area contributed by atoms with Crippen LogP contribution >= 0.6 is 0 Å². The molecule has 28 heavy (non-hydrogen) atoms. The van der Waals surface area contributed by atoms with Gasteiger partial charge in [0.15, 0.2) is 0 Å². The zero-order valence-corrected chi connectivity index (χ0v) is 18.2. The number of nitrogens with two attached hydrogens (primary N) is 1. The predicted molar refractivity (Wildman–Crippen MR) is 105 cm³/mol. The fourth-order valence-corrected chi connectivity index (χ4v) is 2.19. The molecule has 9 heteroatoms. The smallest absolute Gasteiger partial charge is 1.00 e. The van der Waals surface area contributed by atoms with Crippen LogP contribution in [-0.2, 0) is 14.9 Å². The first-order valence-electron chi connectivity index (χ1n) is 7.39. The quantitative estimate of drug-likeness (QED) is 0.254. The van der Waals surface area contributed by atoms with Crippen molar-refractivity contribution >= 4 is 22.6 Å². The number of rotatable bonds is 1. The third kappa shape index (κ3) is 12.9. The summed E-state index contributed by atoms with van der Waals surface area (Å²) in [6, 6.07) is 23.1. The number of aromatic hydroxyl groups is 2. The maximum absolute atomic E-state index is 10.5. The largest absolute Gasteiger partial charge is 1.00 e. The number of carbonyl (C=O) groups excluding carboxylic acids is 1. The molecule has 0 atom stereocenters. The summed E-state index contributed by atoms with van der Waals surface area (Å²) in [5.41, 5.74) is 5.32. The molecule has 0 aliphatic heterocycles. The van der Waals surface area contributed by atoms with Gasteiger partial charge in [-0.15, -0.1) is 0 Å². The van der Waals surface area contributed by atoms with Gasteiger partial charge in [-0.1, -0.05) is 48.5 Å². The van der Waals surface area contributed by atoms with Gasteiger partial charge in [-0.05, 0) is 36.4 Å². The van der Waals surface area contributed by atoms with E-state index in [1.807, 2.05) is 18.9 Å². The van der Waals surface area contributed by atoms with E-state index in [0.717, 1.165) is 0 Å². The molecule has 0 spiro atoms. The van der Waals surface area contributed by atoms with Crippen LogP contribution in [0.4, 0.5) is 5.69 Å². The van der Waals surface area contributed by atoms with Crippen LogP contribution in [0.3, 0.4) is 0 Å². The average Bonchev–Trinajstić information content (AvgIpc) is 2.65. The van der Waals surface area contributed by atoms with E-state index in [1.165, 1.54) is 18.2 Å². The molecule has 0 bridgehead atoms. The van der Waals surface area contributed by atoms with Gasteiger partial charge < -0.3 is 22.2 Å². The van der Waals surface area contributed by atoms with E-state index in [2.05, 4.69) is 0 Å². The number of hydrogen-bond acceptors (Lipinski definition) is 6. The molecule has 5 N–H and O–H groups in total. The van der Waals surface area contributed by atoms with Crippen molar-refractivity contribution in [3.63, 3.8) is 0 Å². The van der Waals surface area contributed by atoms with Gasteiger partial charge in [-0.3, -0.25) is 4.55 Å². The van der Waals surface area contributed by atoms with Crippen molar-refractivity contribution in [2.24, 2.45) is 0 Å². The van der Waals surface area contributed by atoms with Crippen LogP contribution in [0.1, 0.15) is 1.43 Å². The van der Waals surface area contributed by atoms with E-state index in [0.29, 0.717) is 11.5 Å². The van der Waals surface area contributed by atoms with Gasteiger partial charge in [0, 0.05) is 0 Å². The van der Waals surface area contributed by atoms with Crippen LogP contribution in [0, 0.1) is 0 Å². The summed E-state index contributed by atoms with van der Waals surface area (Å²) in [6.45, 7) is 2.00. The number of anilines is 1. The molecule has 0 amide bonds. The SMILES string of the molecule is C=O.Nc1ccccc1S(=O)(=O)O.Oc1ccccc1.Oc1ccccc1.[H-].[Na+]. The number of nitrogen functional groups attached to an aromatic ring is 1. The zero-order chi connectivity index (χ0) is 20.7. The number of benzene rings is 3. The number of phenolic OH excluding ortho intramolecular Hbond substituents is 2. The molecule has 0 radical (unpaired) electrons. The summed E-state index contributed by atoms with van der Waals surface area (Å²) in [5.74, 6) is 0.644. The number of carbonyl (C=O) groups is 1. The van der Waals surface area contributed by atoms with Crippen LogP contribution in [0.15, 0.2) is 89.8 Å². The van der Waals surface area contributed by atoms with Gasteiger partial charge >= 0.3 is 29.6 Å². The molecule has 3 aromatic rings. The maximum atomic E-state index is 10.5. The van der Waals surface area contributed by atoms with Crippen molar-refractivity contribution in [3.05, 3.63) is 84.9 Å². The van der Waals surface area contributed by atoms with E-state index in [1.54, 1.807) is 54.6 Å². The molecule has 3 rings (SSSR count). The van der Waals surface area contributed by atoms with Crippen LogP contribution in [0.2, 0.25) is 0 Å². The van der Waals surface area contributed by atoms with Gasteiger partial charge in [-0.25, -0.2) is 0 Å². The molecule has 0 saturated heterocycles. The molecule has 3 aromatic carbocycles. The molecule has 0 aromatic heterocycles. The Morgan fingerprint density at radius 3 is 1.25 bits per heavy atom. The van der Waals surface area contributed by atoms with Crippen molar-refractivity contribution < 1.29 is 59.0 Å². The van der Waals surface area contributed by atoms with Gasteiger partial charge in [-0.2, -0.15) is 8.42 Å². The Hall–Kier alpha value is -2.36. The number of para-hydroxylation sites is 3. The van der Waals surface area contributed by atoms with E-state index in [9.17, 15) is 8.42 Å². The predicted octanol–water partition coefficient (Wildman–Crippen LogP) is 0.232. The minimum atomic E-state index is -4.16. The Morgan fingerprint density at radius 2 is 1.04 bits per heavy atom. The van der Waals surface area contributed by atoms with Crippen molar-refractivity contribution in [1.82, 2.24) is 0 Å². The normalized spacial score (nSPS) is 8.89. The van der Waals surface area contributed by atoms with Crippen LogP contribution in [0.5, 0.6) is 11.5 Å². The molecule has 0 heterocycles. The van der Waals surface area contributed by atoms with Crippen molar-refractivity contribution in [2.75, 3.05) is 5.73 Å². The maximum Gasteiger partial charge on any atom is 1.00 e.